The number of aryl methyl sites for hydroxylation is 3. The van der Waals surface area contributed by atoms with Gasteiger partial charge in [0.05, 0.1) is 16.7 Å². The van der Waals surface area contributed by atoms with Crippen LogP contribution >= 0.6 is 22.9 Å². The number of piperidine rings is 1. The molecule has 0 N–H and O–H groups in total. The number of thiophene rings is 1. The van der Waals surface area contributed by atoms with Gasteiger partial charge < -0.3 is 9.64 Å². The number of aromatic nitrogens is 2. The second kappa shape index (κ2) is 11.5. The molecule has 39 heavy (non-hydrogen) atoms. The number of amides is 1. The van der Waals surface area contributed by atoms with Crippen LogP contribution < -0.4 is 11.2 Å². The SMILES string of the molecule is CC(=O)OC1CCN(C(=O)c2sc3c(c2C)c(=O)n(CCc2cccc(Cl)c2)c(=O)n3CCC(F)(F)F)CC1. The zero-order valence-corrected chi connectivity index (χ0v) is 22.9. The minimum atomic E-state index is -4.52. The number of fused-ring (bicyclic) bond motifs is 1. The molecular formula is C26H27ClF3N3O5S. The zero-order chi connectivity index (χ0) is 28.5. The minimum absolute atomic E-state index is 0.0453. The number of benzene rings is 1. The summed E-state index contributed by atoms with van der Waals surface area (Å²) in [7, 11) is 0. The van der Waals surface area contributed by atoms with Crippen molar-refractivity contribution in [2.24, 2.45) is 0 Å². The van der Waals surface area contributed by atoms with Gasteiger partial charge in [0.2, 0.25) is 0 Å². The van der Waals surface area contributed by atoms with Crippen LogP contribution in [0.25, 0.3) is 10.2 Å². The van der Waals surface area contributed by atoms with Crippen LogP contribution in [0.15, 0.2) is 33.9 Å². The van der Waals surface area contributed by atoms with Crippen LogP contribution in [0.3, 0.4) is 0 Å². The molecule has 0 atom stereocenters. The van der Waals surface area contributed by atoms with E-state index in [0.717, 1.165) is 26.0 Å². The molecule has 3 aromatic rings. The third-order valence-corrected chi connectivity index (χ3v) is 8.22. The maximum atomic E-state index is 13.5. The molecule has 1 aliphatic rings. The van der Waals surface area contributed by atoms with E-state index in [1.165, 1.54) is 6.92 Å². The van der Waals surface area contributed by atoms with Crippen molar-refractivity contribution in [1.82, 2.24) is 14.0 Å². The van der Waals surface area contributed by atoms with Crippen molar-refractivity contribution in [3.63, 3.8) is 0 Å². The highest BCUT2D eigenvalue weighted by molar-refractivity contribution is 7.20. The van der Waals surface area contributed by atoms with Gasteiger partial charge in [-0.25, -0.2) is 4.79 Å². The average Bonchev–Trinajstić information content (AvgIpc) is 3.20. The molecule has 0 aliphatic carbocycles. The molecule has 8 nitrogen and oxygen atoms in total. The predicted octanol–water partition coefficient (Wildman–Crippen LogP) is 4.55. The average molecular weight is 586 g/mol. The standard InChI is InChI=1S/C26H27ClF3N3O5S/c1-15-20-22(35)32(12-6-17-4-3-5-18(27)14-17)25(37)33(13-9-26(28,29)30)24(20)39-21(15)23(36)31-10-7-19(8-11-31)38-16(2)34/h3-5,14,19H,6-13H2,1-2H3. The zero-order valence-electron chi connectivity index (χ0n) is 21.3. The Bertz CT molecular complexity index is 1520. The summed E-state index contributed by atoms with van der Waals surface area (Å²) in [5, 5.41) is 0.539. The van der Waals surface area contributed by atoms with E-state index in [9.17, 15) is 32.3 Å². The highest BCUT2D eigenvalue weighted by Crippen LogP contribution is 2.31. The molecule has 210 valence electrons. The summed E-state index contributed by atoms with van der Waals surface area (Å²) in [6.45, 7) is 2.77. The third kappa shape index (κ3) is 6.55. The van der Waals surface area contributed by atoms with Crippen molar-refractivity contribution >= 4 is 45.0 Å². The molecule has 1 aliphatic heterocycles. The molecule has 0 saturated carbocycles. The fourth-order valence-corrected chi connectivity index (χ4v) is 6.22. The Morgan fingerprint density at radius 1 is 1.13 bits per heavy atom. The Hall–Kier alpha value is -3.12. The van der Waals surface area contributed by atoms with Crippen molar-refractivity contribution in [3.05, 3.63) is 66.1 Å². The maximum absolute atomic E-state index is 13.5. The molecule has 0 unspecified atom stereocenters. The summed E-state index contributed by atoms with van der Waals surface area (Å²) in [4.78, 5) is 53.3. The molecule has 1 amide bonds. The van der Waals surface area contributed by atoms with E-state index < -0.39 is 36.4 Å². The number of ether oxygens (including phenoxy) is 1. The smallest absolute Gasteiger partial charge is 0.390 e. The van der Waals surface area contributed by atoms with E-state index in [4.69, 9.17) is 16.3 Å². The molecule has 0 spiro atoms. The predicted molar refractivity (Wildman–Crippen MR) is 142 cm³/mol. The number of carbonyl (C=O) groups is 2. The van der Waals surface area contributed by atoms with Crippen LogP contribution in [0, 0.1) is 6.92 Å². The first-order chi connectivity index (χ1) is 18.4. The van der Waals surface area contributed by atoms with Gasteiger partial charge in [0.15, 0.2) is 0 Å². The summed E-state index contributed by atoms with van der Waals surface area (Å²) < 4.78 is 46.5. The lowest BCUT2D eigenvalue weighted by molar-refractivity contribution is -0.148. The van der Waals surface area contributed by atoms with E-state index in [1.807, 2.05) is 0 Å². The minimum Gasteiger partial charge on any atom is -0.462 e. The lowest BCUT2D eigenvalue weighted by Crippen LogP contribution is -2.41. The van der Waals surface area contributed by atoms with Crippen molar-refractivity contribution in [3.8, 4) is 0 Å². The van der Waals surface area contributed by atoms with Crippen LogP contribution in [-0.4, -0.2) is 51.3 Å². The first-order valence-corrected chi connectivity index (χ1v) is 13.6. The number of esters is 1. The van der Waals surface area contributed by atoms with Gasteiger partial charge in [0, 0.05) is 51.0 Å². The quantitative estimate of drug-likeness (QED) is 0.380. The Morgan fingerprint density at radius 3 is 2.44 bits per heavy atom. The molecule has 4 rings (SSSR count). The second-order valence-corrected chi connectivity index (χ2v) is 10.9. The maximum Gasteiger partial charge on any atom is 0.390 e. The number of hydrogen-bond acceptors (Lipinski definition) is 6. The van der Waals surface area contributed by atoms with Gasteiger partial charge >= 0.3 is 17.8 Å². The van der Waals surface area contributed by atoms with E-state index in [-0.39, 0.29) is 40.1 Å². The number of halogens is 4. The number of carbonyl (C=O) groups excluding carboxylic acids is 2. The van der Waals surface area contributed by atoms with Crippen molar-refractivity contribution in [1.29, 1.82) is 0 Å². The number of nitrogens with zero attached hydrogens (tertiary/aromatic N) is 3. The van der Waals surface area contributed by atoms with E-state index >= 15 is 0 Å². The topological polar surface area (TPSA) is 90.6 Å². The lowest BCUT2D eigenvalue weighted by atomic mass is 10.1. The van der Waals surface area contributed by atoms with E-state index in [2.05, 4.69) is 0 Å². The Morgan fingerprint density at radius 2 is 1.82 bits per heavy atom. The first-order valence-electron chi connectivity index (χ1n) is 12.4. The first kappa shape index (κ1) is 28.9. The van der Waals surface area contributed by atoms with Gasteiger partial charge in [-0.2, -0.15) is 13.2 Å². The summed E-state index contributed by atoms with van der Waals surface area (Å²) in [6.07, 6.45) is -4.94. The lowest BCUT2D eigenvalue weighted by Gasteiger charge is -2.31. The molecule has 1 saturated heterocycles. The summed E-state index contributed by atoms with van der Waals surface area (Å²) in [5.41, 5.74) is -0.432. The fourth-order valence-electron chi connectivity index (χ4n) is 4.72. The van der Waals surface area contributed by atoms with Crippen LogP contribution in [0.5, 0.6) is 0 Å². The van der Waals surface area contributed by atoms with Gasteiger partial charge in [-0.1, -0.05) is 23.7 Å². The van der Waals surface area contributed by atoms with Crippen LogP contribution in [0.1, 0.15) is 47.0 Å². The van der Waals surface area contributed by atoms with Crippen LogP contribution in [-0.2, 0) is 29.0 Å². The van der Waals surface area contributed by atoms with E-state index in [0.29, 0.717) is 36.5 Å². The van der Waals surface area contributed by atoms with Gasteiger partial charge in [0.25, 0.3) is 11.5 Å². The molecule has 13 heteroatoms. The largest absolute Gasteiger partial charge is 0.462 e. The van der Waals surface area contributed by atoms with Crippen molar-refractivity contribution in [2.45, 2.75) is 64.9 Å². The molecule has 1 fully saturated rings. The Kier molecular flexibility index (Phi) is 8.55. The highest BCUT2D eigenvalue weighted by Gasteiger charge is 2.31. The van der Waals surface area contributed by atoms with Gasteiger partial charge in [-0.3, -0.25) is 23.5 Å². The van der Waals surface area contributed by atoms with Gasteiger partial charge in [0.1, 0.15) is 10.9 Å². The summed E-state index contributed by atoms with van der Waals surface area (Å²) in [6, 6.07) is 6.86. The number of alkyl halides is 3. The molecule has 0 radical (unpaired) electrons. The molecule has 0 bridgehead atoms. The van der Waals surface area contributed by atoms with Crippen molar-refractivity contribution < 1.29 is 27.5 Å². The Balaban J connectivity index is 1.72. The summed E-state index contributed by atoms with van der Waals surface area (Å²) in [5.74, 6) is -0.779. The number of hydrogen-bond donors (Lipinski definition) is 0. The molecule has 1 aromatic carbocycles. The van der Waals surface area contributed by atoms with Crippen LogP contribution in [0.4, 0.5) is 13.2 Å². The van der Waals surface area contributed by atoms with E-state index in [1.54, 1.807) is 36.1 Å². The molecular weight excluding hydrogens is 559 g/mol. The second-order valence-electron chi connectivity index (χ2n) is 9.47. The van der Waals surface area contributed by atoms with Gasteiger partial charge in [-0.15, -0.1) is 11.3 Å². The highest BCUT2D eigenvalue weighted by atomic mass is 35.5. The molecule has 3 heterocycles. The number of likely N-dealkylation sites (tertiary alicyclic amines) is 1. The molecule has 2 aromatic heterocycles. The number of rotatable bonds is 7. The monoisotopic (exact) mass is 585 g/mol. The third-order valence-electron chi connectivity index (χ3n) is 6.68. The summed E-state index contributed by atoms with van der Waals surface area (Å²) >= 11 is 6.88. The van der Waals surface area contributed by atoms with Gasteiger partial charge in [-0.05, 0) is 36.6 Å². The fraction of sp³-hybridized carbons (Fsp3) is 0.462. The Labute approximate surface area is 230 Å². The van der Waals surface area contributed by atoms with Crippen molar-refractivity contribution in [2.75, 3.05) is 13.1 Å². The van der Waals surface area contributed by atoms with Crippen LogP contribution in [0.2, 0.25) is 5.02 Å². The normalized spacial score (nSPS) is 14.7.